The fourth-order valence-corrected chi connectivity index (χ4v) is 3.66. The maximum absolute atomic E-state index is 13.0. The predicted octanol–water partition coefficient (Wildman–Crippen LogP) is 6.04. The number of carbonyl (C=O) groups excluding carboxylic acids is 2. The minimum Gasteiger partial charge on any atom is -0.457 e. The first kappa shape index (κ1) is 21.9. The zero-order chi connectivity index (χ0) is 21.8. The molecule has 2 amide bonds. The lowest BCUT2D eigenvalue weighted by molar-refractivity contribution is -0.140. The zero-order valence-corrected chi connectivity index (χ0v) is 18.2. The van der Waals surface area contributed by atoms with Gasteiger partial charge < -0.3 is 4.42 Å². The fourth-order valence-electron chi connectivity index (χ4n) is 3.26. The molecule has 0 fully saturated rings. The maximum atomic E-state index is 13.0. The van der Waals surface area contributed by atoms with Crippen LogP contribution in [0, 0.1) is 11.3 Å². The molecule has 0 unspecified atom stereocenters. The molecule has 1 aliphatic rings. The van der Waals surface area contributed by atoms with Gasteiger partial charge in [0.25, 0.3) is 11.8 Å². The van der Waals surface area contributed by atoms with Crippen molar-refractivity contribution in [1.29, 1.82) is 5.26 Å². The first-order chi connectivity index (χ1) is 14.4. The number of nitriles is 1. The number of amides is 2. The quantitative estimate of drug-likeness (QED) is 0.310. The van der Waals surface area contributed by atoms with Crippen molar-refractivity contribution in [2.24, 2.45) is 0 Å². The molecule has 2 heterocycles. The van der Waals surface area contributed by atoms with E-state index < -0.39 is 11.8 Å². The molecule has 5 nitrogen and oxygen atoms in total. The molecule has 2 aromatic rings. The van der Waals surface area contributed by atoms with Crippen LogP contribution in [0.3, 0.4) is 0 Å². The summed E-state index contributed by atoms with van der Waals surface area (Å²) in [7, 11) is 0. The van der Waals surface area contributed by atoms with Crippen molar-refractivity contribution in [2.75, 3.05) is 6.54 Å². The highest BCUT2D eigenvalue weighted by molar-refractivity contribution is 6.43. The van der Waals surface area contributed by atoms with Gasteiger partial charge in [0, 0.05) is 17.7 Å². The molecular formula is C23H20Cl2N2O3. The Kier molecular flexibility index (Phi) is 6.81. The number of hydrogen-bond donors (Lipinski definition) is 0. The van der Waals surface area contributed by atoms with Gasteiger partial charge in [0.05, 0.1) is 10.0 Å². The van der Waals surface area contributed by atoms with E-state index in [1.165, 1.54) is 0 Å². The average molecular weight is 443 g/mol. The van der Waals surface area contributed by atoms with Crippen molar-refractivity contribution in [3.63, 3.8) is 0 Å². The van der Waals surface area contributed by atoms with Crippen LogP contribution in [-0.2, 0) is 9.59 Å². The molecule has 0 atom stereocenters. The molecule has 0 saturated heterocycles. The molecule has 154 valence electrons. The van der Waals surface area contributed by atoms with Crippen molar-refractivity contribution < 1.29 is 14.0 Å². The topological polar surface area (TPSA) is 74.3 Å². The number of unbranched alkanes of at least 4 members (excludes halogenated alkanes) is 2. The Morgan fingerprint density at radius 3 is 2.60 bits per heavy atom. The second-order valence-electron chi connectivity index (χ2n) is 6.94. The normalized spacial score (nSPS) is 15.8. The molecular weight excluding hydrogens is 423 g/mol. The summed E-state index contributed by atoms with van der Waals surface area (Å²) >= 11 is 12.3. The van der Waals surface area contributed by atoms with Gasteiger partial charge in [-0.15, -0.1) is 0 Å². The van der Waals surface area contributed by atoms with Crippen LogP contribution >= 0.6 is 23.2 Å². The molecule has 0 saturated carbocycles. The fraction of sp³-hybridized carbons (Fsp3) is 0.261. The van der Waals surface area contributed by atoms with Gasteiger partial charge in [0.15, 0.2) is 0 Å². The van der Waals surface area contributed by atoms with Gasteiger partial charge in [0.2, 0.25) is 0 Å². The maximum Gasteiger partial charge on any atom is 0.271 e. The number of rotatable bonds is 6. The van der Waals surface area contributed by atoms with Gasteiger partial charge in [0.1, 0.15) is 23.2 Å². The SMILES string of the molecule is CCCCCN1C(=O)C(C#N)=C(C)/C(=C\c2ccc(-c3cccc(Cl)c3Cl)o2)C1=O. The van der Waals surface area contributed by atoms with Gasteiger partial charge in [-0.1, -0.05) is 49.0 Å². The summed E-state index contributed by atoms with van der Waals surface area (Å²) in [5.41, 5.74) is 1.21. The molecule has 0 bridgehead atoms. The highest BCUT2D eigenvalue weighted by atomic mass is 35.5. The Morgan fingerprint density at radius 1 is 1.13 bits per heavy atom. The van der Waals surface area contributed by atoms with Crippen molar-refractivity contribution >= 4 is 41.1 Å². The van der Waals surface area contributed by atoms with Crippen molar-refractivity contribution in [2.45, 2.75) is 33.1 Å². The second-order valence-corrected chi connectivity index (χ2v) is 7.73. The van der Waals surface area contributed by atoms with E-state index in [0.717, 1.165) is 17.7 Å². The third-order valence-corrected chi connectivity index (χ3v) is 5.76. The van der Waals surface area contributed by atoms with E-state index in [2.05, 4.69) is 0 Å². The van der Waals surface area contributed by atoms with E-state index in [1.54, 1.807) is 43.3 Å². The van der Waals surface area contributed by atoms with Crippen LogP contribution in [0.1, 0.15) is 38.9 Å². The van der Waals surface area contributed by atoms with E-state index in [4.69, 9.17) is 27.6 Å². The molecule has 0 aliphatic carbocycles. The van der Waals surface area contributed by atoms with Crippen LogP contribution in [0.15, 0.2) is 51.5 Å². The summed E-state index contributed by atoms with van der Waals surface area (Å²) in [5.74, 6) is -0.0649. The summed E-state index contributed by atoms with van der Waals surface area (Å²) in [4.78, 5) is 26.7. The summed E-state index contributed by atoms with van der Waals surface area (Å²) in [6.45, 7) is 3.92. The molecule has 3 rings (SSSR count). The number of carbonyl (C=O) groups is 2. The van der Waals surface area contributed by atoms with Crippen LogP contribution in [0.25, 0.3) is 17.4 Å². The predicted molar refractivity (Wildman–Crippen MR) is 117 cm³/mol. The van der Waals surface area contributed by atoms with Crippen LogP contribution in [0.2, 0.25) is 10.0 Å². The molecule has 7 heteroatoms. The second kappa shape index (κ2) is 9.34. The molecule has 1 aromatic heterocycles. The number of halogens is 2. The first-order valence-corrected chi connectivity index (χ1v) is 10.4. The van der Waals surface area contributed by atoms with Gasteiger partial charge in [-0.2, -0.15) is 5.26 Å². The van der Waals surface area contributed by atoms with E-state index in [9.17, 15) is 14.9 Å². The molecule has 0 radical (unpaired) electrons. The van der Waals surface area contributed by atoms with E-state index >= 15 is 0 Å². The van der Waals surface area contributed by atoms with Gasteiger partial charge in [-0.05, 0) is 49.3 Å². The number of nitrogens with zero attached hydrogens (tertiary/aromatic N) is 2. The highest BCUT2D eigenvalue weighted by Gasteiger charge is 2.35. The summed E-state index contributed by atoms with van der Waals surface area (Å²) in [6.07, 6.45) is 4.09. The lowest BCUT2D eigenvalue weighted by atomic mass is 9.94. The Hall–Kier alpha value is -2.81. The highest BCUT2D eigenvalue weighted by Crippen LogP contribution is 2.35. The smallest absolute Gasteiger partial charge is 0.271 e. The molecule has 1 aliphatic heterocycles. The van der Waals surface area contributed by atoms with Crippen LogP contribution < -0.4 is 0 Å². The zero-order valence-electron chi connectivity index (χ0n) is 16.7. The van der Waals surface area contributed by atoms with Crippen molar-refractivity contribution in [1.82, 2.24) is 4.90 Å². The summed E-state index contributed by atoms with van der Waals surface area (Å²) in [6, 6.07) is 10.6. The van der Waals surface area contributed by atoms with Crippen LogP contribution in [-0.4, -0.2) is 23.3 Å². The third kappa shape index (κ3) is 4.21. The summed E-state index contributed by atoms with van der Waals surface area (Å²) in [5, 5.41) is 10.2. The minimum atomic E-state index is -0.543. The Balaban J connectivity index is 1.99. The van der Waals surface area contributed by atoms with Crippen molar-refractivity contribution in [3.8, 4) is 17.4 Å². The average Bonchev–Trinajstić information content (AvgIpc) is 3.19. The first-order valence-electron chi connectivity index (χ1n) is 9.62. The largest absolute Gasteiger partial charge is 0.457 e. The lowest BCUT2D eigenvalue weighted by Gasteiger charge is -2.27. The van der Waals surface area contributed by atoms with Crippen molar-refractivity contribution in [3.05, 3.63) is 62.9 Å². The van der Waals surface area contributed by atoms with E-state index in [-0.39, 0.29) is 17.7 Å². The summed E-state index contributed by atoms with van der Waals surface area (Å²) < 4.78 is 5.85. The van der Waals surface area contributed by atoms with E-state index in [0.29, 0.717) is 39.1 Å². The molecule has 0 spiro atoms. The van der Waals surface area contributed by atoms with Crippen LogP contribution in [0.5, 0.6) is 0 Å². The Morgan fingerprint density at radius 2 is 1.90 bits per heavy atom. The molecule has 1 aromatic carbocycles. The number of imide groups is 1. The standard InChI is InChI=1S/C23H20Cl2N2O3/c1-3-4-5-11-27-22(28)17(14(2)18(13-26)23(27)29)12-15-9-10-20(30-15)16-7-6-8-19(24)21(16)25/h6-10,12H,3-5,11H2,1-2H3/b17-12+. The Labute approximate surface area is 185 Å². The van der Waals surface area contributed by atoms with E-state index in [1.807, 2.05) is 13.0 Å². The lowest BCUT2D eigenvalue weighted by Crippen LogP contribution is -2.43. The van der Waals surface area contributed by atoms with Crippen LogP contribution in [0.4, 0.5) is 0 Å². The van der Waals surface area contributed by atoms with Gasteiger partial charge in [-0.3, -0.25) is 14.5 Å². The number of benzene rings is 1. The Bertz CT molecular complexity index is 1110. The number of hydrogen-bond acceptors (Lipinski definition) is 4. The molecule has 0 N–H and O–H groups in total. The number of furan rings is 1. The monoisotopic (exact) mass is 442 g/mol. The van der Waals surface area contributed by atoms with Gasteiger partial charge >= 0.3 is 0 Å². The minimum absolute atomic E-state index is 0.0259. The third-order valence-electron chi connectivity index (χ3n) is 4.94. The molecule has 30 heavy (non-hydrogen) atoms. The van der Waals surface area contributed by atoms with Gasteiger partial charge in [-0.25, -0.2) is 0 Å².